The van der Waals surface area contributed by atoms with Gasteiger partial charge in [0.25, 0.3) is 10.0 Å². The molecule has 0 unspecified atom stereocenters. The monoisotopic (exact) mass is 587 g/mol. The Kier molecular flexibility index (Phi) is 8.52. The summed E-state index contributed by atoms with van der Waals surface area (Å²) in [6, 6.07) is 9.08. The number of hydrogen-bond acceptors (Lipinski definition) is 7. The molecule has 1 aliphatic carbocycles. The number of ether oxygens (including phenoxy) is 1. The third-order valence-corrected chi connectivity index (χ3v) is 8.20. The van der Waals surface area contributed by atoms with Crippen molar-refractivity contribution in [3.8, 4) is 5.75 Å². The second-order valence-electron chi connectivity index (χ2n) is 9.37. The fraction of sp³-hybridized carbons (Fsp3) is 0.360. The molecule has 2 aromatic carbocycles. The molecule has 0 aliphatic heterocycles. The molecule has 3 atom stereocenters. The molecule has 14 heteroatoms. The van der Waals surface area contributed by atoms with Gasteiger partial charge in [-0.2, -0.15) is 0 Å². The number of nitrogens with zero attached hydrogens (tertiary/aromatic N) is 3. The van der Waals surface area contributed by atoms with Gasteiger partial charge in [0.05, 0.1) is 10.7 Å². The SMILES string of the molecule is CN(C)[C@H]1C[C@@H](c2cccc(OC(F)(F)F)c2)CC[C@@H]1Nc1cc(F)c(S(=O)(=O)Nc2ccncn2)cc1Cl. The van der Waals surface area contributed by atoms with Crippen molar-refractivity contribution >= 4 is 33.1 Å². The van der Waals surface area contributed by atoms with E-state index in [0.29, 0.717) is 19.3 Å². The van der Waals surface area contributed by atoms with E-state index in [1.807, 2.05) is 19.0 Å². The minimum atomic E-state index is -4.78. The van der Waals surface area contributed by atoms with Crippen LogP contribution in [0.15, 0.2) is 59.9 Å². The topological polar surface area (TPSA) is 96.5 Å². The summed E-state index contributed by atoms with van der Waals surface area (Å²) in [6.45, 7) is 0. The fourth-order valence-electron chi connectivity index (χ4n) is 4.74. The Morgan fingerprint density at radius 2 is 1.90 bits per heavy atom. The Labute approximate surface area is 228 Å². The van der Waals surface area contributed by atoms with Gasteiger partial charge in [-0.05, 0) is 75.2 Å². The molecule has 0 saturated heterocycles. The van der Waals surface area contributed by atoms with Crippen molar-refractivity contribution in [1.82, 2.24) is 14.9 Å². The molecular weight excluding hydrogens is 562 g/mol. The van der Waals surface area contributed by atoms with E-state index in [2.05, 4.69) is 24.7 Å². The Balaban J connectivity index is 1.50. The minimum Gasteiger partial charge on any atom is -0.406 e. The number of hydrogen-bond donors (Lipinski definition) is 2. The maximum atomic E-state index is 15.0. The van der Waals surface area contributed by atoms with Crippen molar-refractivity contribution in [3.05, 3.63) is 71.4 Å². The summed E-state index contributed by atoms with van der Waals surface area (Å²) in [4.78, 5) is 8.83. The molecule has 1 aliphatic rings. The molecule has 4 rings (SSSR count). The normalized spacial score (nSPS) is 20.1. The predicted molar refractivity (Wildman–Crippen MR) is 139 cm³/mol. The number of rotatable bonds is 8. The summed E-state index contributed by atoms with van der Waals surface area (Å²) in [5.74, 6) is -1.32. The number of likely N-dealkylation sites (N-methyl/N-ethyl adjacent to an activating group) is 1. The third-order valence-electron chi connectivity index (χ3n) is 6.52. The van der Waals surface area contributed by atoms with Gasteiger partial charge in [0.2, 0.25) is 0 Å². The largest absolute Gasteiger partial charge is 0.573 e. The van der Waals surface area contributed by atoms with Crippen molar-refractivity contribution in [2.24, 2.45) is 0 Å². The lowest BCUT2D eigenvalue weighted by Crippen LogP contribution is -2.47. The standard InChI is InChI=1S/C25H26ClF4N5O3S/c1-35(2)22-11-16(15-4-3-5-17(10-15)38-25(28,29)30)6-7-20(22)33-21-13-19(27)23(12-18(21)26)39(36,37)34-24-8-9-31-14-32-24/h3-5,8-10,12-14,16,20,22,33H,6-7,11H2,1-2H3,(H,31,32,34)/t16-,20-,22-/m0/s1. The zero-order valence-electron chi connectivity index (χ0n) is 20.9. The lowest BCUT2D eigenvalue weighted by Gasteiger charge is -2.41. The molecule has 1 aromatic heterocycles. The second-order valence-corrected chi connectivity index (χ2v) is 11.4. The zero-order valence-corrected chi connectivity index (χ0v) is 22.5. The van der Waals surface area contributed by atoms with E-state index >= 15 is 4.39 Å². The molecule has 0 spiro atoms. The highest BCUT2D eigenvalue weighted by Crippen LogP contribution is 2.39. The van der Waals surface area contributed by atoms with Gasteiger partial charge in [0, 0.05) is 18.3 Å². The number of alkyl halides is 3. The molecule has 3 aromatic rings. The Morgan fingerprint density at radius 1 is 1.13 bits per heavy atom. The first kappa shape index (κ1) is 28.8. The third kappa shape index (κ3) is 7.28. The molecule has 2 N–H and O–H groups in total. The van der Waals surface area contributed by atoms with E-state index in [-0.39, 0.29) is 40.3 Å². The molecule has 0 bridgehead atoms. The van der Waals surface area contributed by atoms with Crippen LogP contribution in [-0.4, -0.2) is 55.8 Å². The molecule has 1 heterocycles. The molecule has 1 saturated carbocycles. The average Bonchev–Trinajstić information content (AvgIpc) is 2.85. The Morgan fingerprint density at radius 3 is 2.56 bits per heavy atom. The van der Waals surface area contributed by atoms with E-state index in [0.717, 1.165) is 24.0 Å². The molecule has 210 valence electrons. The van der Waals surface area contributed by atoms with E-state index in [9.17, 15) is 21.6 Å². The van der Waals surface area contributed by atoms with Crippen LogP contribution in [0.25, 0.3) is 0 Å². The van der Waals surface area contributed by atoms with Crippen molar-refractivity contribution in [2.45, 2.75) is 48.5 Å². The molecule has 8 nitrogen and oxygen atoms in total. The first-order valence-electron chi connectivity index (χ1n) is 11.9. The van der Waals surface area contributed by atoms with Crippen LogP contribution in [0, 0.1) is 5.82 Å². The maximum Gasteiger partial charge on any atom is 0.573 e. The number of halogens is 5. The second kappa shape index (κ2) is 11.5. The Hall–Kier alpha value is -3.16. The lowest BCUT2D eigenvalue weighted by molar-refractivity contribution is -0.274. The minimum absolute atomic E-state index is 0.0103. The number of benzene rings is 2. The van der Waals surface area contributed by atoms with Crippen LogP contribution < -0.4 is 14.8 Å². The summed E-state index contributed by atoms with van der Waals surface area (Å²) in [7, 11) is -0.557. The van der Waals surface area contributed by atoms with Gasteiger partial charge in [-0.3, -0.25) is 4.72 Å². The maximum absolute atomic E-state index is 15.0. The van der Waals surface area contributed by atoms with Crippen LogP contribution in [0.1, 0.15) is 30.7 Å². The summed E-state index contributed by atoms with van der Waals surface area (Å²) in [6.07, 6.45) is -0.434. The van der Waals surface area contributed by atoms with Crippen LogP contribution >= 0.6 is 11.6 Å². The summed E-state index contributed by atoms with van der Waals surface area (Å²) in [5, 5.41) is 3.25. The van der Waals surface area contributed by atoms with Crippen molar-refractivity contribution < 1.29 is 30.7 Å². The summed E-state index contributed by atoms with van der Waals surface area (Å²) < 4.78 is 84.7. The first-order valence-corrected chi connectivity index (χ1v) is 13.7. The van der Waals surface area contributed by atoms with Gasteiger partial charge >= 0.3 is 6.36 Å². The summed E-state index contributed by atoms with van der Waals surface area (Å²) in [5.41, 5.74) is 0.961. The van der Waals surface area contributed by atoms with E-state index in [1.54, 1.807) is 6.07 Å². The highest BCUT2D eigenvalue weighted by molar-refractivity contribution is 7.92. The lowest BCUT2D eigenvalue weighted by atomic mass is 9.78. The van der Waals surface area contributed by atoms with Crippen LogP contribution in [-0.2, 0) is 10.0 Å². The molecule has 0 amide bonds. The van der Waals surface area contributed by atoms with Crippen LogP contribution in [0.3, 0.4) is 0 Å². The summed E-state index contributed by atoms with van der Waals surface area (Å²) >= 11 is 6.39. The zero-order chi connectivity index (χ0) is 28.4. The molecule has 1 fully saturated rings. The smallest absolute Gasteiger partial charge is 0.406 e. The van der Waals surface area contributed by atoms with Gasteiger partial charge in [-0.1, -0.05) is 23.7 Å². The van der Waals surface area contributed by atoms with Crippen molar-refractivity contribution in [2.75, 3.05) is 24.1 Å². The number of aromatic nitrogens is 2. The Bertz CT molecular complexity index is 1410. The average molecular weight is 588 g/mol. The van der Waals surface area contributed by atoms with E-state index in [1.165, 1.54) is 30.5 Å². The molecular formula is C25H26ClF4N5O3S. The number of nitrogens with one attached hydrogen (secondary N) is 2. The van der Waals surface area contributed by atoms with Crippen molar-refractivity contribution in [3.63, 3.8) is 0 Å². The van der Waals surface area contributed by atoms with E-state index in [4.69, 9.17) is 11.6 Å². The fourth-order valence-corrected chi connectivity index (χ4v) is 6.12. The highest BCUT2D eigenvalue weighted by atomic mass is 35.5. The van der Waals surface area contributed by atoms with Gasteiger partial charge in [-0.15, -0.1) is 13.2 Å². The number of sulfonamides is 1. The molecule has 0 radical (unpaired) electrons. The van der Waals surface area contributed by atoms with Crippen LogP contribution in [0.4, 0.5) is 29.1 Å². The predicted octanol–water partition coefficient (Wildman–Crippen LogP) is 5.65. The quantitative estimate of drug-likeness (QED) is 0.329. The number of anilines is 2. The van der Waals surface area contributed by atoms with Gasteiger partial charge in [0.15, 0.2) is 0 Å². The van der Waals surface area contributed by atoms with Gasteiger partial charge in [-0.25, -0.2) is 22.8 Å². The van der Waals surface area contributed by atoms with Crippen LogP contribution in [0.5, 0.6) is 5.75 Å². The first-order chi connectivity index (χ1) is 18.3. The molecule has 39 heavy (non-hydrogen) atoms. The van der Waals surface area contributed by atoms with Crippen LogP contribution in [0.2, 0.25) is 5.02 Å². The van der Waals surface area contributed by atoms with Crippen molar-refractivity contribution in [1.29, 1.82) is 0 Å². The van der Waals surface area contributed by atoms with Gasteiger partial charge in [0.1, 0.15) is 28.6 Å². The van der Waals surface area contributed by atoms with Gasteiger partial charge < -0.3 is 15.0 Å². The van der Waals surface area contributed by atoms with E-state index < -0.39 is 27.1 Å². The highest BCUT2D eigenvalue weighted by Gasteiger charge is 2.35.